The molecule has 0 aliphatic carbocycles. The van der Waals surface area contributed by atoms with Crippen LogP contribution in [0.5, 0.6) is 11.5 Å². The van der Waals surface area contributed by atoms with E-state index in [0.29, 0.717) is 17.3 Å². The number of nitrogens with one attached hydrogen (secondary N) is 1. The number of alkyl halides is 3. The molecular weight excluding hydrogens is 471 g/mol. The summed E-state index contributed by atoms with van der Waals surface area (Å²) >= 11 is 0. The Morgan fingerprint density at radius 3 is 2.57 bits per heavy atom. The van der Waals surface area contributed by atoms with Crippen molar-refractivity contribution < 1.29 is 36.9 Å². The van der Waals surface area contributed by atoms with Gasteiger partial charge in [0.25, 0.3) is 5.91 Å². The molecule has 13 heteroatoms. The Morgan fingerprint density at radius 1 is 1.00 bits per heavy atom. The fourth-order valence-electron chi connectivity index (χ4n) is 4.52. The first-order chi connectivity index (χ1) is 16.9. The molecule has 1 amide bonds. The number of amides is 1. The minimum atomic E-state index is -4.47. The van der Waals surface area contributed by atoms with Gasteiger partial charge in [0, 0.05) is 11.1 Å². The van der Waals surface area contributed by atoms with Gasteiger partial charge < -0.3 is 24.3 Å². The number of rotatable bonds is 4. The second kappa shape index (κ2) is 8.20. The lowest BCUT2D eigenvalue weighted by Crippen LogP contribution is -2.44. The van der Waals surface area contributed by atoms with Crippen LogP contribution in [0.25, 0.3) is 11.4 Å². The van der Waals surface area contributed by atoms with E-state index in [1.165, 1.54) is 0 Å². The van der Waals surface area contributed by atoms with Crippen molar-refractivity contribution in [3.8, 4) is 22.9 Å². The normalized spacial score (nSPS) is 25.0. The molecule has 1 aromatic heterocycles. The first-order valence-corrected chi connectivity index (χ1v) is 10.8. The molecule has 3 aliphatic rings. The van der Waals surface area contributed by atoms with Crippen LogP contribution in [0, 0.1) is 0 Å². The summed E-state index contributed by atoms with van der Waals surface area (Å²) < 4.78 is 62.6. The molecule has 2 saturated heterocycles. The molecular formula is C22H18F3N5O5. The molecule has 1 N–H and O–H groups in total. The van der Waals surface area contributed by atoms with Crippen molar-refractivity contribution >= 4 is 5.91 Å². The summed E-state index contributed by atoms with van der Waals surface area (Å²) in [5.41, 5.74) is 0.0226. The van der Waals surface area contributed by atoms with Crippen molar-refractivity contribution in [2.75, 3.05) is 20.0 Å². The molecule has 10 nitrogen and oxygen atoms in total. The van der Waals surface area contributed by atoms with Crippen LogP contribution in [0.1, 0.15) is 22.0 Å². The summed E-state index contributed by atoms with van der Waals surface area (Å²) in [6.45, 7) is 0.585. The number of ether oxygens (including phenoxy) is 4. The summed E-state index contributed by atoms with van der Waals surface area (Å²) in [6.07, 6.45) is -5.36. The van der Waals surface area contributed by atoms with Crippen LogP contribution < -0.4 is 14.8 Å². The van der Waals surface area contributed by atoms with Gasteiger partial charge in [-0.3, -0.25) is 4.79 Å². The number of fused-ring (bicyclic) bond motifs is 2. The first kappa shape index (κ1) is 21.8. The third kappa shape index (κ3) is 3.86. The summed E-state index contributed by atoms with van der Waals surface area (Å²) in [4.78, 5) is 12.6. The lowest BCUT2D eigenvalue weighted by atomic mass is 10.0. The van der Waals surface area contributed by atoms with E-state index in [-0.39, 0.29) is 31.6 Å². The molecule has 0 saturated carbocycles. The zero-order chi connectivity index (χ0) is 24.2. The van der Waals surface area contributed by atoms with Gasteiger partial charge in [0.15, 0.2) is 17.3 Å². The van der Waals surface area contributed by atoms with Crippen LogP contribution in [0.3, 0.4) is 0 Å². The van der Waals surface area contributed by atoms with Crippen molar-refractivity contribution in [2.45, 2.75) is 30.5 Å². The van der Waals surface area contributed by atoms with Gasteiger partial charge >= 0.3 is 6.18 Å². The van der Waals surface area contributed by atoms with Crippen molar-refractivity contribution in [3.63, 3.8) is 0 Å². The SMILES string of the molecule is O=C(NC1COC2C1OCC2n1nnnc1-c1ccc2c(c1)OCO2)c1ccc(C(F)(F)F)cc1. The molecule has 4 unspecified atom stereocenters. The predicted octanol–water partition coefficient (Wildman–Crippen LogP) is 2.22. The van der Waals surface area contributed by atoms with E-state index in [2.05, 4.69) is 20.8 Å². The number of halogens is 3. The highest BCUT2D eigenvalue weighted by molar-refractivity contribution is 5.94. The first-order valence-electron chi connectivity index (χ1n) is 10.8. The topological polar surface area (TPSA) is 110 Å². The molecule has 2 fully saturated rings. The number of hydrogen-bond acceptors (Lipinski definition) is 8. The fraction of sp³-hybridized carbons (Fsp3) is 0.364. The third-order valence-electron chi connectivity index (χ3n) is 6.26. The Labute approximate surface area is 195 Å². The van der Waals surface area contributed by atoms with Crippen LogP contribution in [-0.4, -0.2) is 64.4 Å². The molecule has 3 aromatic rings. The Morgan fingerprint density at radius 2 is 1.77 bits per heavy atom. The number of carbonyl (C=O) groups is 1. The summed E-state index contributed by atoms with van der Waals surface area (Å²) in [6, 6.07) is 8.61. The fourth-order valence-corrected chi connectivity index (χ4v) is 4.52. The van der Waals surface area contributed by atoms with Crippen LogP contribution in [0.15, 0.2) is 42.5 Å². The van der Waals surface area contributed by atoms with E-state index >= 15 is 0 Å². The smallest absolute Gasteiger partial charge is 0.416 e. The van der Waals surface area contributed by atoms with Gasteiger partial charge in [0.1, 0.15) is 18.2 Å². The van der Waals surface area contributed by atoms with Gasteiger partial charge in [-0.05, 0) is 52.9 Å². The van der Waals surface area contributed by atoms with E-state index in [1.54, 1.807) is 16.8 Å². The Bertz CT molecular complexity index is 1270. The average Bonchev–Trinajstić information content (AvgIpc) is 3.62. The van der Waals surface area contributed by atoms with Crippen molar-refractivity contribution in [1.29, 1.82) is 0 Å². The van der Waals surface area contributed by atoms with E-state index in [9.17, 15) is 18.0 Å². The molecule has 3 aliphatic heterocycles. The van der Waals surface area contributed by atoms with Crippen molar-refractivity contribution in [3.05, 3.63) is 53.6 Å². The van der Waals surface area contributed by atoms with Gasteiger partial charge in [0.05, 0.1) is 24.8 Å². The number of carbonyl (C=O) groups excluding carboxylic acids is 1. The maximum atomic E-state index is 12.8. The molecule has 4 heterocycles. The Kier molecular flexibility index (Phi) is 5.11. The molecule has 35 heavy (non-hydrogen) atoms. The molecule has 6 rings (SSSR count). The zero-order valence-electron chi connectivity index (χ0n) is 17.9. The minimum absolute atomic E-state index is 0.113. The number of aromatic nitrogens is 4. The lowest BCUT2D eigenvalue weighted by Gasteiger charge is -2.18. The van der Waals surface area contributed by atoms with Gasteiger partial charge in [-0.2, -0.15) is 13.2 Å². The van der Waals surface area contributed by atoms with Crippen molar-refractivity contribution in [2.24, 2.45) is 0 Å². The number of hydrogen-bond donors (Lipinski definition) is 1. The number of nitrogens with zero attached hydrogens (tertiary/aromatic N) is 4. The van der Waals surface area contributed by atoms with E-state index in [0.717, 1.165) is 29.8 Å². The van der Waals surface area contributed by atoms with Gasteiger partial charge in [-0.15, -0.1) is 5.10 Å². The maximum Gasteiger partial charge on any atom is 0.416 e. The van der Waals surface area contributed by atoms with Gasteiger partial charge in [-0.25, -0.2) is 4.68 Å². The highest BCUT2D eigenvalue weighted by atomic mass is 19.4. The summed E-state index contributed by atoms with van der Waals surface area (Å²) in [7, 11) is 0. The van der Waals surface area contributed by atoms with Crippen LogP contribution in [-0.2, 0) is 15.7 Å². The quantitative estimate of drug-likeness (QED) is 0.594. The van der Waals surface area contributed by atoms with Crippen LogP contribution >= 0.6 is 0 Å². The molecule has 0 spiro atoms. The molecule has 182 valence electrons. The monoisotopic (exact) mass is 489 g/mol. The minimum Gasteiger partial charge on any atom is -0.454 e. The highest BCUT2D eigenvalue weighted by Gasteiger charge is 2.50. The predicted molar refractivity (Wildman–Crippen MR) is 111 cm³/mol. The average molecular weight is 489 g/mol. The van der Waals surface area contributed by atoms with Crippen LogP contribution in [0.4, 0.5) is 13.2 Å². The lowest BCUT2D eigenvalue weighted by molar-refractivity contribution is -0.137. The number of tetrazole rings is 1. The highest BCUT2D eigenvalue weighted by Crippen LogP contribution is 2.38. The Balaban J connectivity index is 1.16. The number of benzene rings is 2. The zero-order valence-corrected chi connectivity index (χ0v) is 17.9. The van der Waals surface area contributed by atoms with Crippen LogP contribution in [0.2, 0.25) is 0 Å². The molecule has 4 atom stereocenters. The standard InChI is InChI=1S/C22H18F3N5O5/c23-22(24,25)13-4-1-11(2-5-13)21(31)26-14-8-32-19-15(9-33-18(14)19)30-20(27-28-29-30)12-3-6-16-17(7-12)35-10-34-16/h1-7,14-15,18-19H,8-10H2,(H,26,31). The molecule has 0 bridgehead atoms. The Hall–Kier alpha value is -3.71. The van der Waals surface area contributed by atoms with Crippen molar-refractivity contribution in [1.82, 2.24) is 25.5 Å². The second-order valence-corrected chi connectivity index (χ2v) is 8.33. The molecule has 2 aromatic carbocycles. The third-order valence-corrected chi connectivity index (χ3v) is 6.26. The van der Waals surface area contributed by atoms with Gasteiger partial charge in [-0.1, -0.05) is 0 Å². The van der Waals surface area contributed by atoms with E-state index < -0.39 is 35.9 Å². The molecule has 0 radical (unpaired) electrons. The van der Waals surface area contributed by atoms with E-state index in [4.69, 9.17) is 18.9 Å². The second-order valence-electron chi connectivity index (χ2n) is 8.33. The maximum absolute atomic E-state index is 12.8. The van der Waals surface area contributed by atoms with Gasteiger partial charge in [0.2, 0.25) is 6.79 Å². The largest absolute Gasteiger partial charge is 0.454 e. The summed E-state index contributed by atoms with van der Waals surface area (Å²) in [5, 5.41) is 14.9. The summed E-state index contributed by atoms with van der Waals surface area (Å²) in [5.74, 6) is 1.23. The van der Waals surface area contributed by atoms with E-state index in [1.807, 2.05) is 6.07 Å².